The van der Waals surface area contributed by atoms with Gasteiger partial charge in [-0.1, -0.05) is 32.0 Å². The summed E-state index contributed by atoms with van der Waals surface area (Å²) in [6, 6.07) is 8.42. The Kier molecular flexibility index (Phi) is 4.63. The predicted molar refractivity (Wildman–Crippen MR) is 64.1 cm³/mol. The summed E-state index contributed by atoms with van der Waals surface area (Å²) in [5.41, 5.74) is 7.26. The number of hydrogen-bond donors (Lipinski definition) is 1. The van der Waals surface area contributed by atoms with Crippen LogP contribution >= 0.6 is 0 Å². The lowest BCUT2D eigenvalue weighted by atomic mass is 9.92. The van der Waals surface area contributed by atoms with Crippen molar-refractivity contribution < 1.29 is 4.74 Å². The van der Waals surface area contributed by atoms with Crippen molar-refractivity contribution in [1.29, 1.82) is 0 Å². The first-order valence-corrected chi connectivity index (χ1v) is 5.56. The zero-order valence-electron chi connectivity index (χ0n) is 9.86. The molecule has 1 aromatic rings. The molecular formula is C13H21NO. The largest absolute Gasteiger partial charge is 0.496 e. The molecule has 2 N–H and O–H groups in total. The Labute approximate surface area is 92.4 Å². The molecule has 1 aromatic carbocycles. The average molecular weight is 207 g/mol. The van der Waals surface area contributed by atoms with Crippen molar-refractivity contribution in [2.45, 2.75) is 32.7 Å². The monoisotopic (exact) mass is 207 g/mol. The minimum absolute atomic E-state index is 0.273. The minimum atomic E-state index is 0.273. The van der Waals surface area contributed by atoms with Crippen molar-refractivity contribution in [3.05, 3.63) is 29.8 Å². The summed E-state index contributed by atoms with van der Waals surface area (Å²) in [5, 5.41) is 0. The van der Waals surface area contributed by atoms with E-state index in [0.717, 1.165) is 18.6 Å². The third-order valence-electron chi connectivity index (χ3n) is 2.94. The summed E-state index contributed by atoms with van der Waals surface area (Å²) in [4.78, 5) is 0. The van der Waals surface area contributed by atoms with Gasteiger partial charge in [0.15, 0.2) is 0 Å². The number of ether oxygens (including phenoxy) is 1. The maximum atomic E-state index is 6.02. The van der Waals surface area contributed by atoms with Crippen LogP contribution in [-0.2, 0) is 6.42 Å². The fraction of sp³-hybridized carbons (Fsp3) is 0.538. The molecule has 2 nitrogen and oxygen atoms in total. The van der Waals surface area contributed by atoms with Crippen molar-refractivity contribution in [3.8, 4) is 5.75 Å². The van der Waals surface area contributed by atoms with Gasteiger partial charge < -0.3 is 10.5 Å². The molecule has 0 aliphatic rings. The SMILES string of the molecule is CCC(N)C(C)Cc1ccccc1OC. The lowest BCUT2D eigenvalue weighted by Gasteiger charge is -2.19. The highest BCUT2D eigenvalue weighted by Crippen LogP contribution is 2.22. The van der Waals surface area contributed by atoms with E-state index in [9.17, 15) is 0 Å². The van der Waals surface area contributed by atoms with Crippen LogP contribution in [0, 0.1) is 5.92 Å². The molecule has 0 aliphatic carbocycles. The van der Waals surface area contributed by atoms with Gasteiger partial charge in [-0.2, -0.15) is 0 Å². The molecular weight excluding hydrogens is 186 g/mol. The van der Waals surface area contributed by atoms with E-state index in [-0.39, 0.29) is 6.04 Å². The summed E-state index contributed by atoms with van der Waals surface area (Å²) < 4.78 is 5.32. The maximum absolute atomic E-state index is 6.02. The van der Waals surface area contributed by atoms with Crippen LogP contribution in [0.1, 0.15) is 25.8 Å². The lowest BCUT2D eigenvalue weighted by molar-refractivity contribution is 0.395. The highest BCUT2D eigenvalue weighted by Gasteiger charge is 2.13. The van der Waals surface area contributed by atoms with E-state index in [1.54, 1.807) is 7.11 Å². The predicted octanol–water partition coefficient (Wildman–Crippen LogP) is 2.61. The van der Waals surface area contributed by atoms with E-state index in [1.807, 2.05) is 18.2 Å². The molecule has 0 heterocycles. The van der Waals surface area contributed by atoms with Crippen LogP contribution in [0.4, 0.5) is 0 Å². The van der Waals surface area contributed by atoms with E-state index in [1.165, 1.54) is 5.56 Å². The standard InChI is InChI=1S/C13H21NO/c1-4-12(14)10(2)9-11-7-5-6-8-13(11)15-3/h5-8,10,12H,4,9,14H2,1-3H3. The van der Waals surface area contributed by atoms with Gasteiger partial charge in [0.1, 0.15) is 5.75 Å². The topological polar surface area (TPSA) is 35.2 Å². The Bertz CT molecular complexity index is 298. The molecule has 2 atom stereocenters. The Morgan fingerprint density at radius 3 is 2.60 bits per heavy atom. The van der Waals surface area contributed by atoms with Crippen molar-refractivity contribution in [2.24, 2.45) is 11.7 Å². The Balaban J connectivity index is 2.71. The molecule has 0 bridgehead atoms. The van der Waals surface area contributed by atoms with E-state index in [2.05, 4.69) is 19.9 Å². The van der Waals surface area contributed by atoms with Gasteiger partial charge in [-0.25, -0.2) is 0 Å². The van der Waals surface area contributed by atoms with Crippen LogP contribution in [-0.4, -0.2) is 13.2 Å². The number of nitrogens with two attached hydrogens (primary N) is 1. The van der Waals surface area contributed by atoms with Crippen molar-refractivity contribution in [3.63, 3.8) is 0 Å². The first kappa shape index (κ1) is 12.1. The summed E-state index contributed by atoms with van der Waals surface area (Å²) in [6.45, 7) is 4.32. The number of benzene rings is 1. The first-order chi connectivity index (χ1) is 7.19. The summed E-state index contributed by atoms with van der Waals surface area (Å²) in [5.74, 6) is 1.46. The van der Waals surface area contributed by atoms with Crippen LogP contribution < -0.4 is 10.5 Å². The van der Waals surface area contributed by atoms with Gasteiger partial charge in [-0.15, -0.1) is 0 Å². The molecule has 1 rings (SSSR count). The molecule has 84 valence electrons. The molecule has 0 aromatic heterocycles. The fourth-order valence-corrected chi connectivity index (χ4v) is 1.77. The van der Waals surface area contributed by atoms with Gasteiger partial charge in [0, 0.05) is 6.04 Å². The van der Waals surface area contributed by atoms with E-state index in [4.69, 9.17) is 10.5 Å². The second-order valence-corrected chi connectivity index (χ2v) is 4.07. The summed E-state index contributed by atoms with van der Waals surface area (Å²) in [7, 11) is 1.71. The zero-order chi connectivity index (χ0) is 11.3. The van der Waals surface area contributed by atoms with Crippen LogP contribution in [0.15, 0.2) is 24.3 Å². The van der Waals surface area contributed by atoms with E-state index < -0.39 is 0 Å². The van der Waals surface area contributed by atoms with Gasteiger partial charge in [-0.3, -0.25) is 0 Å². The van der Waals surface area contributed by atoms with Gasteiger partial charge in [-0.05, 0) is 30.4 Å². The van der Waals surface area contributed by atoms with Gasteiger partial charge in [0.2, 0.25) is 0 Å². The number of para-hydroxylation sites is 1. The molecule has 0 aliphatic heterocycles. The van der Waals surface area contributed by atoms with Crippen molar-refractivity contribution in [2.75, 3.05) is 7.11 Å². The molecule has 15 heavy (non-hydrogen) atoms. The zero-order valence-corrected chi connectivity index (χ0v) is 9.86. The molecule has 0 saturated heterocycles. The summed E-state index contributed by atoms with van der Waals surface area (Å²) in [6.07, 6.45) is 2.01. The van der Waals surface area contributed by atoms with Gasteiger partial charge in [0.25, 0.3) is 0 Å². The fourth-order valence-electron chi connectivity index (χ4n) is 1.77. The van der Waals surface area contributed by atoms with Crippen LogP contribution in [0.5, 0.6) is 5.75 Å². The minimum Gasteiger partial charge on any atom is -0.496 e. The van der Waals surface area contributed by atoms with Crippen LogP contribution in [0.25, 0.3) is 0 Å². The molecule has 0 spiro atoms. The normalized spacial score (nSPS) is 14.7. The van der Waals surface area contributed by atoms with Gasteiger partial charge >= 0.3 is 0 Å². The average Bonchev–Trinajstić information content (AvgIpc) is 2.28. The molecule has 2 heteroatoms. The summed E-state index contributed by atoms with van der Waals surface area (Å²) >= 11 is 0. The molecule has 0 radical (unpaired) electrons. The van der Waals surface area contributed by atoms with E-state index >= 15 is 0 Å². The van der Waals surface area contributed by atoms with E-state index in [0.29, 0.717) is 5.92 Å². The molecule has 2 unspecified atom stereocenters. The molecule has 0 saturated carbocycles. The van der Waals surface area contributed by atoms with Gasteiger partial charge in [0.05, 0.1) is 7.11 Å². The smallest absolute Gasteiger partial charge is 0.122 e. The highest BCUT2D eigenvalue weighted by atomic mass is 16.5. The third-order valence-corrected chi connectivity index (χ3v) is 2.94. The van der Waals surface area contributed by atoms with Crippen LogP contribution in [0.3, 0.4) is 0 Å². The number of hydrogen-bond acceptors (Lipinski definition) is 2. The van der Waals surface area contributed by atoms with Crippen LogP contribution in [0.2, 0.25) is 0 Å². The second-order valence-electron chi connectivity index (χ2n) is 4.07. The molecule has 0 fully saturated rings. The van der Waals surface area contributed by atoms with Crippen molar-refractivity contribution in [1.82, 2.24) is 0 Å². The molecule has 0 amide bonds. The number of methoxy groups -OCH3 is 1. The highest BCUT2D eigenvalue weighted by molar-refractivity contribution is 5.33. The quantitative estimate of drug-likeness (QED) is 0.805. The first-order valence-electron chi connectivity index (χ1n) is 5.56. The Morgan fingerprint density at radius 2 is 2.00 bits per heavy atom. The second kappa shape index (κ2) is 5.76. The number of rotatable bonds is 5. The maximum Gasteiger partial charge on any atom is 0.122 e. The lowest BCUT2D eigenvalue weighted by Crippen LogP contribution is -2.28. The third kappa shape index (κ3) is 3.24. The van der Waals surface area contributed by atoms with Crippen molar-refractivity contribution >= 4 is 0 Å². The Hall–Kier alpha value is -1.02. The Morgan fingerprint density at radius 1 is 1.33 bits per heavy atom.